The van der Waals surface area contributed by atoms with E-state index in [1.807, 2.05) is 36.5 Å². The first-order valence-corrected chi connectivity index (χ1v) is 17.7. The van der Waals surface area contributed by atoms with Crippen molar-refractivity contribution in [2.75, 3.05) is 13.2 Å². The van der Waals surface area contributed by atoms with Gasteiger partial charge in [0.1, 0.15) is 6.61 Å². The molecule has 254 valence electrons. The maximum atomic E-state index is 12.1. The Morgan fingerprint density at radius 3 is 1.47 bits per heavy atom. The summed E-state index contributed by atoms with van der Waals surface area (Å²) in [7, 11) is 0. The second kappa shape index (κ2) is 35.6. The van der Waals surface area contributed by atoms with E-state index in [-0.39, 0.29) is 25.2 Å². The molecule has 0 heterocycles. The minimum Gasteiger partial charge on any atom is -0.462 e. The van der Waals surface area contributed by atoms with Gasteiger partial charge >= 0.3 is 11.9 Å². The average molecular weight is 625 g/mol. The number of ether oxygens (including phenoxy) is 2. The van der Waals surface area contributed by atoms with Gasteiger partial charge in [-0.3, -0.25) is 9.59 Å². The van der Waals surface area contributed by atoms with E-state index in [4.69, 9.17) is 9.47 Å². The summed E-state index contributed by atoms with van der Waals surface area (Å²) in [6.45, 7) is 3.90. The van der Waals surface area contributed by atoms with Gasteiger partial charge < -0.3 is 14.6 Å². The number of rotatable bonds is 30. The Bertz CT molecular complexity index is 890. The van der Waals surface area contributed by atoms with Crippen LogP contribution in [-0.4, -0.2) is 36.4 Å². The predicted octanol–water partition coefficient (Wildman–Crippen LogP) is 10.8. The van der Waals surface area contributed by atoms with Crippen molar-refractivity contribution in [3.63, 3.8) is 0 Å². The van der Waals surface area contributed by atoms with Gasteiger partial charge in [0.05, 0.1) is 6.61 Å². The Hall–Kier alpha value is -2.92. The van der Waals surface area contributed by atoms with E-state index in [0.717, 1.165) is 70.6 Å². The molecule has 0 fully saturated rings. The van der Waals surface area contributed by atoms with Gasteiger partial charge in [0.15, 0.2) is 6.10 Å². The molecule has 0 aromatic rings. The molecule has 0 aromatic carbocycles. The molecule has 0 amide bonds. The van der Waals surface area contributed by atoms with Gasteiger partial charge in [-0.15, -0.1) is 0 Å². The lowest BCUT2D eigenvalue weighted by molar-refractivity contribution is -0.161. The summed E-state index contributed by atoms with van der Waals surface area (Å²) < 4.78 is 10.5. The first kappa shape index (κ1) is 42.1. The molecule has 0 aliphatic heterocycles. The van der Waals surface area contributed by atoms with Crippen LogP contribution in [0.5, 0.6) is 0 Å². The number of aliphatic hydroxyl groups is 1. The van der Waals surface area contributed by atoms with Crippen LogP contribution in [0.25, 0.3) is 0 Å². The molecular formula is C40H64O5. The second-order valence-corrected chi connectivity index (χ2v) is 11.4. The first-order chi connectivity index (χ1) is 22.1. The quantitative estimate of drug-likeness (QED) is 0.0489. The van der Waals surface area contributed by atoms with Crippen LogP contribution in [0.3, 0.4) is 0 Å². The van der Waals surface area contributed by atoms with Crippen LogP contribution in [0.15, 0.2) is 85.1 Å². The molecule has 45 heavy (non-hydrogen) atoms. The molecular weight excluding hydrogens is 560 g/mol. The highest BCUT2D eigenvalue weighted by atomic mass is 16.6. The van der Waals surface area contributed by atoms with Crippen LogP contribution in [-0.2, 0) is 19.1 Å². The molecule has 5 nitrogen and oxygen atoms in total. The number of unbranched alkanes of at least 4 members (excludes halogenated alkanes) is 13. The van der Waals surface area contributed by atoms with Gasteiger partial charge in [-0.25, -0.2) is 0 Å². The van der Waals surface area contributed by atoms with E-state index >= 15 is 0 Å². The summed E-state index contributed by atoms with van der Waals surface area (Å²) in [4.78, 5) is 24.1. The van der Waals surface area contributed by atoms with Crippen LogP contribution in [0, 0.1) is 0 Å². The summed E-state index contributed by atoms with van der Waals surface area (Å²) in [6.07, 6.45) is 47.8. The molecule has 0 spiro atoms. The van der Waals surface area contributed by atoms with Gasteiger partial charge in [-0.05, 0) is 57.8 Å². The third kappa shape index (κ3) is 33.8. The third-order valence-electron chi connectivity index (χ3n) is 7.08. The lowest BCUT2D eigenvalue weighted by Crippen LogP contribution is -2.28. The standard InChI is InChI=1S/C40H64O5/c1-3-5-7-9-11-13-15-17-18-19-20-21-23-25-27-29-31-33-35-40(43)45-38(36-41)37-44-39(42)34-32-30-28-26-24-22-16-14-12-10-8-6-4-2/h6,8,10,12,14-22,24,38,41H,3-5,7,9,11,13,23,25-37H2,1-2H3/b8-6+,12-10+,16-14+,17-15+,19-18+,21-20+,24-22+. The number of allylic oxidation sites excluding steroid dienone is 14. The van der Waals surface area contributed by atoms with Crippen molar-refractivity contribution in [1.82, 2.24) is 0 Å². The predicted molar refractivity (Wildman–Crippen MR) is 191 cm³/mol. The average Bonchev–Trinajstić information content (AvgIpc) is 3.04. The Morgan fingerprint density at radius 1 is 0.533 bits per heavy atom. The van der Waals surface area contributed by atoms with Crippen molar-refractivity contribution < 1.29 is 24.2 Å². The summed E-state index contributed by atoms with van der Waals surface area (Å²) in [5, 5.41) is 9.52. The van der Waals surface area contributed by atoms with Crippen LogP contribution in [0.2, 0.25) is 0 Å². The lowest BCUT2D eigenvalue weighted by atomic mass is 10.1. The van der Waals surface area contributed by atoms with Crippen LogP contribution in [0.1, 0.15) is 136 Å². The Morgan fingerprint density at radius 2 is 0.956 bits per heavy atom. The fraction of sp³-hybridized carbons (Fsp3) is 0.600. The molecule has 0 saturated heterocycles. The van der Waals surface area contributed by atoms with Crippen molar-refractivity contribution in [3.05, 3.63) is 85.1 Å². The third-order valence-corrected chi connectivity index (χ3v) is 7.08. The lowest BCUT2D eigenvalue weighted by Gasteiger charge is -2.15. The summed E-state index contributed by atoms with van der Waals surface area (Å²) >= 11 is 0. The number of carbonyl (C=O) groups excluding carboxylic acids is 2. The molecule has 1 unspecified atom stereocenters. The molecule has 0 rings (SSSR count). The zero-order chi connectivity index (χ0) is 32.9. The minimum absolute atomic E-state index is 0.100. The van der Waals surface area contributed by atoms with Crippen molar-refractivity contribution in [2.24, 2.45) is 0 Å². The van der Waals surface area contributed by atoms with Crippen LogP contribution >= 0.6 is 0 Å². The van der Waals surface area contributed by atoms with Gasteiger partial charge in [0.2, 0.25) is 0 Å². The molecule has 5 heteroatoms. The van der Waals surface area contributed by atoms with Crippen molar-refractivity contribution in [3.8, 4) is 0 Å². The maximum Gasteiger partial charge on any atom is 0.306 e. The maximum absolute atomic E-state index is 12.1. The molecule has 0 aliphatic rings. The zero-order valence-electron chi connectivity index (χ0n) is 28.6. The highest BCUT2D eigenvalue weighted by molar-refractivity contribution is 5.70. The van der Waals surface area contributed by atoms with Crippen molar-refractivity contribution in [2.45, 2.75) is 142 Å². The molecule has 0 radical (unpaired) electrons. The van der Waals surface area contributed by atoms with Crippen molar-refractivity contribution in [1.29, 1.82) is 0 Å². The molecule has 0 bridgehead atoms. The zero-order valence-corrected chi connectivity index (χ0v) is 28.6. The van der Waals surface area contributed by atoms with E-state index < -0.39 is 6.10 Å². The van der Waals surface area contributed by atoms with Crippen LogP contribution in [0.4, 0.5) is 0 Å². The van der Waals surface area contributed by atoms with Crippen LogP contribution < -0.4 is 0 Å². The van der Waals surface area contributed by atoms with E-state index in [1.54, 1.807) is 0 Å². The van der Waals surface area contributed by atoms with E-state index in [2.05, 4.69) is 62.5 Å². The molecule has 1 N–H and O–H groups in total. The number of carbonyl (C=O) groups is 2. The van der Waals surface area contributed by atoms with Gasteiger partial charge in [0.25, 0.3) is 0 Å². The molecule has 0 saturated carbocycles. The van der Waals surface area contributed by atoms with Gasteiger partial charge in [0, 0.05) is 12.8 Å². The van der Waals surface area contributed by atoms with E-state index in [1.165, 1.54) is 38.5 Å². The number of hydrogen-bond acceptors (Lipinski definition) is 5. The number of esters is 2. The van der Waals surface area contributed by atoms with Crippen molar-refractivity contribution >= 4 is 11.9 Å². The monoisotopic (exact) mass is 624 g/mol. The molecule has 1 atom stereocenters. The largest absolute Gasteiger partial charge is 0.462 e. The number of hydrogen-bond donors (Lipinski definition) is 1. The Balaban J connectivity index is 3.73. The number of aliphatic hydroxyl groups excluding tert-OH is 1. The SMILES string of the molecule is CC/C=C/C=C/C=C/C=C/CCCCCC(=O)OCC(CO)OC(=O)CCCCCCC/C=C/C=C/C=C/CCCCCCC. The first-order valence-electron chi connectivity index (χ1n) is 17.7. The highest BCUT2D eigenvalue weighted by Gasteiger charge is 2.16. The topological polar surface area (TPSA) is 72.8 Å². The Labute approximate surface area is 275 Å². The Kier molecular flexibility index (Phi) is 33.3. The smallest absolute Gasteiger partial charge is 0.306 e. The minimum atomic E-state index is -0.802. The summed E-state index contributed by atoms with van der Waals surface area (Å²) in [5.74, 6) is -0.671. The summed E-state index contributed by atoms with van der Waals surface area (Å²) in [6, 6.07) is 0. The van der Waals surface area contributed by atoms with Gasteiger partial charge in [-0.1, -0.05) is 150 Å². The second-order valence-electron chi connectivity index (χ2n) is 11.4. The fourth-order valence-corrected chi connectivity index (χ4v) is 4.39. The van der Waals surface area contributed by atoms with E-state index in [9.17, 15) is 14.7 Å². The summed E-state index contributed by atoms with van der Waals surface area (Å²) in [5.41, 5.74) is 0. The van der Waals surface area contributed by atoms with E-state index in [0.29, 0.717) is 12.8 Å². The normalized spacial score (nSPS) is 13.2. The molecule has 0 aliphatic carbocycles. The van der Waals surface area contributed by atoms with Gasteiger partial charge in [-0.2, -0.15) is 0 Å². The fourth-order valence-electron chi connectivity index (χ4n) is 4.39. The molecule has 0 aromatic heterocycles. The highest BCUT2D eigenvalue weighted by Crippen LogP contribution is 2.10.